The minimum absolute atomic E-state index is 0.321. The standard InChI is InChI=1S/C13H16OS/c1-2-3-4-10-5-6-13-11(9-10)12(14)7-8-15-13/h5-6,9H,2-4,7-8H2,1H3. The van der Waals surface area contributed by atoms with Gasteiger partial charge in [0.25, 0.3) is 0 Å². The van der Waals surface area contributed by atoms with Crippen LogP contribution in [-0.2, 0) is 6.42 Å². The first kappa shape index (κ1) is 10.7. The van der Waals surface area contributed by atoms with E-state index in [1.807, 2.05) is 0 Å². The zero-order valence-electron chi connectivity index (χ0n) is 9.08. The van der Waals surface area contributed by atoms with E-state index in [0.717, 1.165) is 17.7 Å². The average Bonchev–Trinajstić information content (AvgIpc) is 2.27. The molecule has 1 nitrogen and oxygen atoms in total. The molecule has 2 heteroatoms. The third-order valence-corrected chi connectivity index (χ3v) is 3.83. The van der Waals surface area contributed by atoms with E-state index < -0.39 is 0 Å². The minimum atomic E-state index is 0.321. The molecule has 80 valence electrons. The number of thioether (sulfide) groups is 1. The van der Waals surface area contributed by atoms with E-state index in [1.54, 1.807) is 11.8 Å². The van der Waals surface area contributed by atoms with Crippen LogP contribution in [0.4, 0.5) is 0 Å². The maximum absolute atomic E-state index is 11.7. The monoisotopic (exact) mass is 220 g/mol. The number of Topliss-reactive ketones (excluding diaryl/α,β-unsaturated/α-hetero) is 1. The highest BCUT2D eigenvalue weighted by molar-refractivity contribution is 7.99. The Kier molecular flexibility index (Phi) is 3.47. The lowest BCUT2D eigenvalue weighted by molar-refractivity contribution is 0.0984. The molecule has 1 heterocycles. The summed E-state index contributed by atoms with van der Waals surface area (Å²) in [5.74, 6) is 1.27. The van der Waals surface area contributed by atoms with Crippen LogP contribution in [0, 0.1) is 0 Å². The summed E-state index contributed by atoms with van der Waals surface area (Å²) in [4.78, 5) is 12.9. The highest BCUT2D eigenvalue weighted by atomic mass is 32.2. The van der Waals surface area contributed by atoms with Crippen molar-refractivity contribution in [2.45, 2.75) is 37.5 Å². The molecule has 1 aromatic rings. The third-order valence-electron chi connectivity index (χ3n) is 2.75. The van der Waals surface area contributed by atoms with Crippen LogP contribution in [0.2, 0.25) is 0 Å². The minimum Gasteiger partial charge on any atom is -0.294 e. The van der Waals surface area contributed by atoms with Crippen LogP contribution in [0.15, 0.2) is 23.1 Å². The fraction of sp³-hybridized carbons (Fsp3) is 0.462. The van der Waals surface area contributed by atoms with Crippen molar-refractivity contribution >= 4 is 17.5 Å². The largest absolute Gasteiger partial charge is 0.294 e. The Labute approximate surface area is 95.3 Å². The molecule has 0 amide bonds. The lowest BCUT2D eigenvalue weighted by Crippen LogP contribution is -2.08. The second-order valence-electron chi connectivity index (χ2n) is 3.96. The van der Waals surface area contributed by atoms with Gasteiger partial charge in [0, 0.05) is 22.6 Å². The maximum atomic E-state index is 11.7. The molecule has 0 aromatic heterocycles. The summed E-state index contributed by atoms with van der Waals surface area (Å²) in [5, 5.41) is 0. The molecule has 0 unspecified atom stereocenters. The number of unbranched alkanes of at least 4 members (excludes halogenated alkanes) is 1. The van der Waals surface area contributed by atoms with Crippen LogP contribution in [0.3, 0.4) is 0 Å². The smallest absolute Gasteiger partial charge is 0.164 e. The van der Waals surface area contributed by atoms with Crippen molar-refractivity contribution in [3.8, 4) is 0 Å². The highest BCUT2D eigenvalue weighted by Crippen LogP contribution is 2.30. The summed E-state index contributed by atoms with van der Waals surface area (Å²) < 4.78 is 0. The van der Waals surface area contributed by atoms with Gasteiger partial charge >= 0.3 is 0 Å². The first-order chi connectivity index (χ1) is 7.31. The number of ketones is 1. The molecule has 0 aliphatic carbocycles. The SMILES string of the molecule is CCCCc1ccc2c(c1)C(=O)CCS2. The van der Waals surface area contributed by atoms with Gasteiger partial charge in [-0.15, -0.1) is 11.8 Å². The Hall–Kier alpha value is -0.760. The Bertz CT molecular complexity index is 371. The number of aryl methyl sites for hydroxylation is 1. The molecule has 1 aromatic carbocycles. The number of benzene rings is 1. The molecule has 0 saturated carbocycles. The number of carbonyl (C=O) groups is 1. The van der Waals surface area contributed by atoms with E-state index >= 15 is 0 Å². The van der Waals surface area contributed by atoms with E-state index in [-0.39, 0.29) is 0 Å². The second kappa shape index (κ2) is 4.84. The Balaban J connectivity index is 2.23. The van der Waals surface area contributed by atoms with E-state index in [0.29, 0.717) is 12.2 Å². The summed E-state index contributed by atoms with van der Waals surface area (Å²) >= 11 is 1.80. The van der Waals surface area contributed by atoms with Gasteiger partial charge in [-0.2, -0.15) is 0 Å². The van der Waals surface area contributed by atoms with Crippen LogP contribution >= 0.6 is 11.8 Å². The number of hydrogen-bond acceptors (Lipinski definition) is 2. The molecule has 2 rings (SSSR count). The van der Waals surface area contributed by atoms with Crippen molar-refractivity contribution in [2.24, 2.45) is 0 Å². The number of fused-ring (bicyclic) bond motifs is 1. The average molecular weight is 220 g/mol. The summed E-state index contributed by atoms with van der Waals surface area (Å²) in [7, 11) is 0. The highest BCUT2D eigenvalue weighted by Gasteiger charge is 2.17. The molecule has 15 heavy (non-hydrogen) atoms. The molecule has 1 aliphatic heterocycles. The van der Waals surface area contributed by atoms with Gasteiger partial charge in [-0.05, 0) is 30.5 Å². The fourth-order valence-corrected chi connectivity index (χ4v) is 2.85. The van der Waals surface area contributed by atoms with E-state index in [1.165, 1.54) is 23.3 Å². The molecule has 1 aliphatic rings. The van der Waals surface area contributed by atoms with Gasteiger partial charge in [-0.3, -0.25) is 4.79 Å². The Morgan fingerprint density at radius 2 is 2.27 bits per heavy atom. The summed E-state index contributed by atoms with van der Waals surface area (Å²) in [6.07, 6.45) is 4.22. The Morgan fingerprint density at radius 1 is 1.40 bits per heavy atom. The van der Waals surface area contributed by atoms with Crippen LogP contribution in [0.25, 0.3) is 0 Å². The van der Waals surface area contributed by atoms with Crippen LogP contribution in [0.1, 0.15) is 42.1 Å². The first-order valence-electron chi connectivity index (χ1n) is 5.60. The van der Waals surface area contributed by atoms with Gasteiger partial charge < -0.3 is 0 Å². The molecule has 0 atom stereocenters. The summed E-state index contributed by atoms with van der Waals surface area (Å²) in [6.45, 7) is 2.19. The quantitative estimate of drug-likeness (QED) is 0.772. The topological polar surface area (TPSA) is 17.1 Å². The normalized spacial score (nSPS) is 15.1. The van der Waals surface area contributed by atoms with Gasteiger partial charge in [0.05, 0.1) is 0 Å². The molecule has 0 N–H and O–H groups in total. The summed E-state index contributed by atoms with van der Waals surface area (Å²) in [5.41, 5.74) is 2.27. The van der Waals surface area contributed by atoms with Crippen molar-refractivity contribution < 1.29 is 4.79 Å². The predicted molar refractivity (Wildman–Crippen MR) is 64.7 cm³/mol. The van der Waals surface area contributed by atoms with Crippen molar-refractivity contribution in [2.75, 3.05) is 5.75 Å². The summed E-state index contributed by atoms with van der Waals surface area (Å²) in [6, 6.07) is 6.38. The zero-order chi connectivity index (χ0) is 10.7. The molecular formula is C13H16OS. The zero-order valence-corrected chi connectivity index (χ0v) is 9.90. The van der Waals surface area contributed by atoms with Crippen molar-refractivity contribution in [1.82, 2.24) is 0 Å². The van der Waals surface area contributed by atoms with Gasteiger partial charge in [0.2, 0.25) is 0 Å². The first-order valence-corrected chi connectivity index (χ1v) is 6.58. The molecule has 0 spiro atoms. The second-order valence-corrected chi connectivity index (χ2v) is 5.09. The Morgan fingerprint density at radius 3 is 3.07 bits per heavy atom. The van der Waals surface area contributed by atoms with E-state index in [9.17, 15) is 4.79 Å². The fourth-order valence-electron chi connectivity index (χ4n) is 1.85. The number of carbonyl (C=O) groups excluding carboxylic acids is 1. The molecular weight excluding hydrogens is 204 g/mol. The molecule has 0 saturated heterocycles. The van der Waals surface area contributed by atoms with Crippen LogP contribution in [-0.4, -0.2) is 11.5 Å². The molecule has 0 fully saturated rings. The molecule has 0 bridgehead atoms. The van der Waals surface area contributed by atoms with Crippen molar-refractivity contribution in [3.05, 3.63) is 29.3 Å². The maximum Gasteiger partial charge on any atom is 0.164 e. The third kappa shape index (κ3) is 2.43. The van der Waals surface area contributed by atoms with Gasteiger partial charge in [-0.25, -0.2) is 0 Å². The number of rotatable bonds is 3. The van der Waals surface area contributed by atoms with Gasteiger partial charge in [-0.1, -0.05) is 19.4 Å². The van der Waals surface area contributed by atoms with E-state index in [2.05, 4.69) is 25.1 Å². The van der Waals surface area contributed by atoms with Gasteiger partial charge in [0.1, 0.15) is 0 Å². The van der Waals surface area contributed by atoms with Crippen molar-refractivity contribution in [1.29, 1.82) is 0 Å². The predicted octanol–water partition coefficient (Wildman–Crippen LogP) is 3.71. The van der Waals surface area contributed by atoms with Crippen molar-refractivity contribution in [3.63, 3.8) is 0 Å². The van der Waals surface area contributed by atoms with Crippen LogP contribution < -0.4 is 0 Å². The molecule has 0 radical (unpaired) electrons. The number of hydrogen-bond donors (Lipinski definition) is 0. The van der Waals surface area contributed by atoms with E-state index in [4.69, 9.17) is 0 Å². The van der Waals surface area contributed by atoms with Gasteiger partial charge in [0.15, 0.2) is 5.78 Å². The van der Waals surface area contributed by atoms with Crippen LogP contribution in [0.5, 0.6) is 0 Å². The lowest BCUT2D eigenvalue weighted by Gasteiger charge is -2.14. The lowest BCUT2D eigenvalue weighted by atomic mass is 10.0.